The van der Waals surface area contributed by atoms with Crippen LogP contribution >= 0.6 is 0 Å². The maximum absolute atomic E-state index is 10.5. The first-order chi connectivity index (χ1) is 8.08. The molecule has 0 aliphatic carbocycles. The van der Waals surface area contributed by atoms with Gasteiger partial charge in [0.25, 0.3) is 0 Å². The van der Waals surface area contributed by atoms with E-state index in [4.69, 9.17) is 0 Å². The lowest BCUT2D eigenvalue weighted by molar-refractivity contribution is -0.389. The van der Waals surface area contributed by atoms with Crippen LogP contribution in [0.1, 0.15) is 13.3 Å². The number of hydrogen-bond acceptors (Lipinski definition) is 5. The van der Waals surface area contributed by atoms with Crippen LogP contribution in [0.15, 0.2) is 18.3 Å². The number of piperidine rings is 1. The molecule has 6 nitrogen and oxygen atoms in total. The highest BCUT2D eigenvalue weighted by Gasteiger charge is 2.25. The third kappa shape index (κ3) is 2.52. The fraction of sp³-hybridized carbons (Fsp3) is 0.545. The summed E-state index contributed by atoms with van der Waals surface area (Å²) in [5.74, 6) is 0.0674. The zero-order chi connectivity index (χ0) is 12.4. The molecule has 0 amide bonds. The van der Waals surface area contributed by atoms with Gasteiger partial charge in [-0.15, -0.1) is 0 Å². The normalized spacial score (nSPS) is 24.7. The lowest BCUT2D eigenvalue weighted by Crippen LogP contribution is -2.41. The molecule has 1 aromatic rings. The summed E-state index contributed by atoms with van der Waals surface area (Å²) in [5, 5.41) is 20.1. The fourth-order valence-electron chi connectivity index (χ4n) is 2.04. The third-order valence-electron chi connectivity index (χ3n) is 3.14. The first-order valence-corrected chi connectivity index (χ1v) is 5.61. The Morgan fingerprint density at radius 1 is 1.59 bits per heavy atom. The van der Waals surface area contributed by atoms with Gasteiger partial charge >= 0.3 is 5.82 Å². The van der Waals surface area contributed by atoms with Crippen molar-refractivity contribution in [3.05, 3.63) is 28.4 Å². The van der Waals surface area contributed by atoms with Crippen molar-refractivity contribution in [2.75, 3.05) is 18.0 Å². The number of rotatable bonds is 2. The summed E-state index contributed by atoms with van der Waals surface area (Å²) in [6.45, 7) is 3.50. The maximum atomic E-state index is 10.5. The van der Waals surface area contributed by atoms with Crippen LogP contribution < -0.4 is 4.90 Å². The van der Waals surface area contributed by atoms with Gasteiger partial charge in [-0.05, 0) is 28.3 Å². The summed E-state index contributed by atoms with van der Waals surface area (Å²) in [6, 6.07) is 3.11. The number of pyridine rings is 1. The topological polar surface area (TPSA) is 79.5 Å². The van der Waals surface area contributed by atoms with Crippen LogP contribution in [0.3, 0.4) is 0 Å². The molecule has 92 valence electrons. The quantitative estimate of drug-likeness (QED) is 0.617. The van der Waals surface area contributed by atoms with Crippen molar-refractivity contribution >= 4 is 11.5 Å². The molecular formula is C11H15N3O3. The van der Waals surface area contributed by atoms with Gasteiger partial charge in [0.15, 0.2) is 6.20 Å². The molecule has 2 heterocycles. The van der Waals surface area contributed by atoms with E-state index in [1.807, 2.05) is 6.92 Å². The molecule has 1 fully saturated rings. The second-order valence-electron chi connectivity index (χ2n) is 4.41. The van der Waals surface area contributed by atoms with Crippen molar-refractivity contribution in [3.63, 3.8) is 0 Å². The molecular weight excluding hydrogens is 222 g/mol. The van der Waals surface area contributed by atoms with E-state index in [9.17, 15) is 15.2 Å². The van der Waals surface area contributed by atoms with Crippen LogP contribution in [-0.4, -0.2) is 34.2 Å². The van der Waals surface area contributed by atoms with E-state index in [-0.39, 0.29) is 17.8 Å². The van der Waals surface area contributed by atoms with E-state index in [2.05, 4.69) is 9.88 Å². The fourth-order valence-corrected chi connectivity index (χ4v) is 2.04. The SMILES string of the molecule is CC1CN(c2ccc([N+](=O)[O-])nc2)CCC1O. The molecule has 1 aliphatic heterocycles. The first-order valence-electron chi connectivity index (χ1n) is 5.61. The smallest absolute Gasteiger partial charge is 0.363 e. The molecule has 0 radical (unpaired) electrons. The lowest BCUT2D eigenvalue weighted by Gasteiger charge is -2.35. The number of aliphatic hydroxyl groups excluding tert-OH is 1. The van der Waals surface area contributed by atoms with Crippen LogP contribution in [0.4, 0.5) is 11.5 Å². The van der Waals surface area contributed by atoms with Gasteiger partial charge in [-0.1, -0.05) is 6.92 Å². The van der Waals surface area contributed by atoms with E-state index >= 15 is 0 Å². The molecule has 2 atom stereocenters. The van der Waals surface area contributed by atoms with Gasteiger partial charge in [0.05, 0.1) is 11.8 Å². The largest absolute Gasteiger partial charge is 0.393 e. The van der Waals surface area contributed by atoms with E-state index in [1.54, 1.807) is 6.07 Å². The van der Waals surface area contributed by atoms with Gasteiger partial charge in [0.2, 0.25) is 0 Å². The highest BCUT2D eigenvalue weighted by molar-refractivity contribution is 5.47. The Kier molecular flexibility index (Phi) is 3.23. The highest BCUT2D eigenvalue weighted by Crippen LogP contribution is 2.23. The summed E-state index contributed by atoms with van der Waals surface area (Å²) >= 11 is 0. The number of nitrogens with zero attached hydrogens (tertiary/aromatic N) is 3. The molecule has 2 unspecified atom stereocenters. The summed E-state index contributed by atoms with van der Waals surface area (Å²) in [6.07, 6.45) is 1.98. The number of nitro groups is 1. The number of hydrogen-bond donors (Lipinski definition) is 1. The van der Waals surface area contributed by atoms with Gasteiger partial charge in [0, 0.05) is 19.2 Å². The minimum atomic E-state index is -0.508. The summed E-state index contributed by atoms with van der Waals surface area (Å²) < 4.78 is 0. The first kappa shape index (κ1) is 11.8. The lowest BCUT2D eigenvalue weighted by atomic mass is 9.96. The molecule has 0 saturated carbocycles. The zero-order valence-corrected chi connectivity index (χ0v) is 9.61. The third-order valence-corrected chi connectivity index (χ3v) is 3.14. The van der Waals surface area contributed by atoms with Gasteiger partial charge in [-0.25, -0.2) is 0 Å². The van der Waals surface area contributed by atoms with Gasteiger partial charge < -0.3 is 20.1 Å². The Balaban J connectivity index is 2.10. The van der Waals surface area contributed by atoms with Crippen molar-refractivity contribution in [2.24, 2.45) is 5.92 Å². The van der Waals surface area contributed by atoms with Gasteiger partial charge in [-0.3, -0.25) is 0 Å². The van der Waals surface area contributed by atoms with E-state index in [0.29, 0.717) is 0 Å². The summed E-state index contributed by atoms with van der Waals surface area (Å²) in [4.78, 5) is 15.9. The Morgan fingerprint density at radius 2 is 2.35 bits per heavy atom. The summed E-state index contributed by atoms with van der Waals surface area (Å²) in [7, 11) is 0. The predicted molar refractivity (Wildman–Crippen MR) is 62.9 cm³/mol. The number of aromatic nitrogens is 1. The number of anilines is 1. The molecule has 17 heavy (non-hydrogen) atoms. The standard InChI is InChI=1S/C11H15N3O3/c1-8-7-13(5-4-10(8)15)9-2-3-11(12-6-9)14(16)17/h2-3,6,8,10,15H,4-5,7H2,1H3. The molecule has 6 heteroatoms. The molecule has 1 aliphatic rings. The van der Waals surface area contributed by atoms with Crippen LogP contribution in [0.2, 0.25) is 0 Å². The molecule has 2 rings (SSSR count). The van der Waals surface area contributed by atoms with Crippen molar-refractivity contribution in [3.8, 4) is 0 Å². The molecule has 1 N–H and O–H groups in total. The van der Waals surface area contributed by atoms with Crippen molar-refractivity contribution in [1.82, 2.24) is 4.98 Å². The van der Waals surface area contributed by atoms with E-state index in [0.717, 1.165) is 25.2 Å². The minimum Gasteiger partial charge on any atom is -0.393 e. The maximum Gasteiger partial charge on any atom is 0.363 e. The van der Waals surface area contributed by atoms with Crippen LogP contribution in [-0.2, 0) is 0 Å². The van der Waals surface area contributed by atoms with E-state index in [1.165, 1.54) is 12.3 Å². The van der Waals surface area contributed by atoms with Gasteiger partial charge in [0.1, 0.15) is 0 Å². The summed E-state index contributed by atoms with van der Waals surface area (Å²) in [5.41, 5.74) is 0.870. The van der Waals surface area contributed by atoms with Crippen molar-refractivity contribution < 1.29 is 10.0 Å². The monoisotopic (exact) mass is 237 g/mol. The molecule has 1 saturated heterocycles. The highest BCUT2D eigenvalue weighted by atomic mass is 16.6. The average Bonchev–Trinajstić information content (AvgIpc) is 2.33. The van der Waals surface area contributed by atoms with Crippen LogP contribution in [0.5, 0.6) is 0 Å². The Hall–Kier alpha value is -1.69. The Bertz CT molecular complexity index is 407. The minimum absolute atomic E-state index is 0.140. The molecule has 0 spiro atoms. The van der Waals surface area contributed by atoms with Crippen LogP contribution in [0.25, 0.3) is 0 Å². The predicted octanol–water partition coefficient (Wildman–Crippen LogP) is 1.20. The van der Waals surface area contributed by atoms with Gasteiger partial charge in [-0.2, -0.15) is 0 Å². The molecule has 0 bridgehead atoms. The second-order valence-corrected chi connectivity index (χ2v) is 4.41. The zero-order valence-electron chi connectivity index (χ0n) is 9.61. The number of aliphatic hydroxyl groups is 1. The Morgan fingerprint density at radius 3 is 2.88 bits per heavy atom. The molecule has 1 aromatic heterocycles. The van der Waals surface area contributed by atoms with Crippen molar-refractivity contribution in [1.29, 1.82) is 0 Å². The van der Waals surface area contributed by atoms with E-state index < -0.39 is 4.92 Å². The second kappa shape index (κ2) is 4.67. The average molecular weight is 237 g/mol. The van der Waals surface area contributed by atoms with Crippen molar-refractivity contribution in [2.45, 2.75) is 19.4 Å². The Labute approximate surface area is 99.0 Å². The molecule has 0 aromatic carbocycles. The van der Waals surface area contributed by atoms with Crippen LogP contribution in [0, 0.1) is 16.0 Å².